The fraction of sp³-hybridized carbons (Fsp3) is 0.0667. The number of rotatable bonds is 2. The summed E-state index contributed by atoms with van der Waals surface area (Å²) in [6, 6.07) is 9.94. The van der Waals surface area contributed by atoms with E-state index < -0.39 is 0 Å². The molecule has 0 atom stereocenters. The molecule has 2 amide bonds. The van der Waals surface area contributed by atoms with Crippen LogP contribution in [0, 0.1) is 6.92 Å². The first-order valence-electron chi connectivity index (χ1n) is 6.57. The lowest BCUT2D eigenvalue weighted by molar-refractivity contribution is 0.262. The summed E-state index contributed by atoms with van der Waals surface area (Å²) in [5.41, 5.74) is 3.15. The first-order chi connectivity index (χ1) is 10.5. The first-order valence-corrected chi connectivity index (χ1v) is 6.95. The van der Waals surface area contributed by atoms with Gasteiger partial charge in [-0.25, -0.2) is 9.59 Å². The predicted octanol–water partition coefficient (Wildman–Crippen LogP) is 3.46. The number of halogens is 1. The summed E-state index contributed by atoms with van der Waals surface area (Å²) in [5, 5.41) is 6.07. The number of imidazole rings is 1. The number of hydrogen-bond donors (Lipinski definition) is 4. The Morgan fingerprint density at radius 1 is 1.05 bits per heavy atom. The van der Waals surface area contributed by atoms with Crippen LogP contribution < -0.4 is 16.3 Å². The molecule has 0 aliphatic rings. The summed E-state index contributed by atoms with van der Waals surface area (Å²) < 4.78 is 0. The molecule has 0 fully saturated rings. The molecule has 0 radical (unpaired) electrons. The summed E-state index contributed by atoms with van der Waals surface area (Å²) in [5.74, 6) is 0. The van der Waals surface area contributed by atoms with Gasteiger partial charge in [-0.3, -0.25) is 0 Å². The number of benzene rings is 2. The molecule has 0 bridgehead atoms. The second-order valence-electron chi connectivity index (χ2n) is 4.88. The Hall–Kier alpha value is -2.73. The molecule has 112 valence electrons. The number of carbonyl (C=O) groups excluding carboxylic acids is 1. The SMILES string of the molecule is Cc1cc2[nH]c(=O)[nH]c2cc1NC(=O)Nc1ccc(Cl)cc1. The molecule has 6 nitrogen and oxygen atoms in total. The summed E-state index contributed by atoms with van der Waals surface area (Å²) in [4.78, 5) is 28.6. The van der Waals surface area contributed by atoms with Crippen LogP contribution in [0.1, 0.15) is 5.56 Å². The average molecular weight is 317 g/mol. The number of carbonyl (C=O) groups is 1. The molecule has 0 spiro atoms. The maximum absolute atomic E-state index is 12.0. The Labute approximate surface area is 130 Å². The van der Waals surface area contributed by atoms with Crippen LogP contribution in [-0.2, 0) is 0 Å². The molecule has 7 heteroatoms. The number of fused-ring (bicyclic) bond motifs is 1. The minimum absolute atomic E-state index is 0.280. The predicted molar refractivity (Wildman–Crippen MR) is 87.7 cm³/mol. The van der Waals surface area contributed by atoms with Crippen molar-refractivity contribution in [1.29, 1.82) is 0 Å². The van der Waals surface area contributed by atoms with Gasteiger partial charge in [0.05, 0.1) is 11.0 Å². The zero-order chi connectivity index (χ0) is 15.7. The van der Waals surface area contributed by atoms with Gasteiger partial charge in [0, 0.05) is 16.4 Å². The standard InChI is InChI=1S/C15H13ClN4O2/c1-8-6-12-13(20-15(22)19-12)7-11(8)18-14(21)17-10-4-2-9(16)3-5-10/h2-7H,1H3,(H2,17,18,21)(H2,19,20,22). The van der Waals surface area contributed by atoms with E-state index >= 15 is 0 Å². The third-order valence-corrected chi connectivity index (χ3v) is 3.46. The zero-order valence-electron chi connectivity index (χ0n) is 11.7. The Balaban J connectivity index is 1.79. The molecule has 0 unspecified atom stereocenters. The number of nitrogens with one attached hydrogen (secondary N) is 4. The molecular formula is C15H13ClN4O2. The van der Waals surface area contributed by atoms with Gasteiger partial charge in [-0.1, -0.05) is 11.6 Å². The maximum Gasteiger partial charge on any atom is 0.323 e. The maximum atomic E-state index is 12.0. The lowest BCUT2D eigenvalue weighted by Crippen LogP contribution is -2.19. The van der Waals surface area contributed by atoms with E-state index in [1.807, 2.05) is 6.92 Å². The smallest absolute Gasteiger partial charge is 0.308 e. The molecule has 22 heavy (non-hydrogen) atoms. The molecule has 0 saturated heterocycles. The van der Waals surface area contributed by atoms with E-state index in [0.29, 0.717) is 27.4 Å². The van der Waals surface area contributed by atoms with Gasteiger partial charge in [-0.2, -0.15) is 0 Å². The number of urea groups is 1. The van der Waals surface area contributed by atoms with Crippen LogP contribution in [0.2, 0.25) is 5.02 Å². The van der Waals surface area contributed by atoms with Gasteiger partial charge in [0.1, 0.15) is 0 Å². The fourth-order valence-corrected chi connectivity index (χ4v) is 2.27. The van der Waals surface area contributed by atoms with Gasteiger partial charge >= 0.3 is 11.7 Å². The Bertz CT molecular complexity index is 896. The van der Waals surface area contributed by atoms with E-state index in [4.69, 9.17) is 11.6 Å². The highest BCUT2D eigenvalue weighted by atomic mass is 35.5. The van der Waals surface area contributed by atoms with E-state index in [1.54, 1.807) is 36.4 Å². The molecular weight excluding hydrogens is 304 g/mol. The van der Waals surface area contributed by atoms with Crippen molar-refractivity contribution in [2.24, 2.45) is 0 Å². The van der Waals surface area contributed by atoms with E-state index in [-0.39, 0.29) is 11.7 Å². The monoisotopic (exact) mass is 316 g/mol. The quantitative estimate of drug-likeness (QED) is 0.583. The normalized spacial score (nSPS) is 10.6. The van der Waals surface area contributed by atoms with Crippen LogP contribution in [0.3, 0.4) is 0 Å². The number of aromatic amines is 2. The van der Waals surface area contributed by atoms with Crippen LogP contribution in [0.25, 0.3) is 11.0 Å². The largest absolute Gasteiger partial charge is 0.323 e. The number of amides is 2. The van der Waals surface area contributed by atoms with E-state index in [1.165, 1.54) is 0 Å². The summed E-state index contributed by atoms with van der Waals surface area (Å²) in [6.45, 7) is 1.85. The van der Waals surface area contributed by atoms with E-state index in [9.17, 15) is 9.59 Å². The van der Waals surface area contributed by atoms with E-state index in [2.05, 4.69) is 20.6 Å². The van der Waals surface area contributed by atoms with Gasteiger partial charge in [0.25, 0.3) is 0 Å². The van der Waals surface area contributed by atoms with Crippen molar-refractivity contribution in [3.63, 3.8) is 0 Å². The van der Waals surface area contributed by atoms with Gasteiger partial charge < -0.3 is 20.6 Å². The van der Waals surface area contributed by atoms with Gasteiger partial charge in [0.15, 0.2) is 0 Å². The van der Waals surface area contributed by atoms with Crippen molar-refractivity contribution in [2.75, 3.05) is 10.6 Å². The molecule has 3 aromatic rings. The van der Waals surface area contributed by atoms with Crippen molar-refractivity contribution in [1.82, 2.24) is 9.97 Å². The van der Waals surface area contributed by atoms with Crippen molar-refractivity contribution in [3.8, 4) is 0 Å². The highest BCUT2D eigenvalue weighted by Gasteiger charge is 2.08. The zero-order valence-corrected chi connectivity index (χ0v) is 12.4. The van der Waals surface area contributed by atoms with Crippen molar-refractivity contribution in [2.45, 2.75) is 6.92 Å². The third kappa shape index (κ3) is 2.96. The van der Waals surface area contributed by atoms with Crippen molar-refractivity contribution in [3.05, 3.63) is 57.5 Å². The summed E-state index contributed by atoms with van der Waals surface area (Å²) >= 11 is 5.80. The molecule has 1 heterocycles. The summed E-state index contributed by atoms with van der Waals surface area (Å²) in [6.07, 6.45) is 0. The number of H-pyrrole nitrogens is 2. The Morgan fingerprint density at radius 2 is 1.68 bits per heavy atom. The molecule has 2 aromatic carbocycles. The number of hydrogen-bond acceptors (Lipinski definition) is 2. The van der Waals surface area contributed by atoms with Crippen molar-refractivity contribution < 1.29 is 4.79 Å². The van der Waals surface area contributed by atoms with Crippen LogP contribution >= 0.6 is 11.6 Å². The molecule has 1 aromatic heterocycles. The molecule has 4 N–H and O–H groups in total. The van der Waals surface area contributed by atoms with Gasteiger partial charge in [0.2, 0.25) is 0 Å². The first kappa shape index (κ1) is 14.2. The number of aryl methyl sites for hydroxylation is 1. The number of aromatic nitrogens is 2. The Morgan fingerprint density at radius 3 is 2.36 bits per heavy atom. The lowest BCUT2D eigenvalue weighted by Gasteiger charge is -2.10. The molecule has 3 rings (SSSR count). The molecule has 0 aliphatic carbocycles. The average Bonchev–Trinajstić information content (AvgIpc) is 2.81. The fourth-order valence-electron chi connectivity index (χ4n) is 2.14. The third-order valence-electron chi connectivity index (χ3n) is 3.21. The minimum atomic E-state index is -0.373. The molecule has 0 aliphatic heterocycles. The highest BCUT2D eigenvalue weighted by Crippen LogP contribution is 2.21. The summed E-state index contributed by atoms with van der Waals surface area (Å²) in [7, 11) is 0. The van der Waals surface area contributed by atoms with Crippen LogP contribution in [-0.4, -0.2) is 16.0 Å². The van der Waals surface area contributed by atoms with Gasteiger partial charge in [-0.05, 0) is 48.9 Å². The van der Waals surface area contributed by atoms with Crippen LogP contribution in [0.15, 0.2) is 41.2 Å². The lowest BCUT2D eigenvalue weighted by atomic mass is 10.2. The van der Waals surface area contributed by atoms with Crippen molar-refractivity contribution >= 4 is 40.0 Å². The van der Waals surface area contributed by atoms with Gasteiger partial charge in [-0.15, -0.1) is 0 Å². The topological polar surface area (TPSA) is 89.8 Å². The highest BCUT2D eigenvalue weighted by molar-refractivity contribution is 6.30. The second-order valence-corrected chi connectivity index (χ2v) is 5.31. The number of anilines is 2. The van der Waals surface area contributed by atoms with Crippen LogP contribution in [0.5, 0.6) is 0 Å². The Kier molecular flexibility index (Phi) is 3.60. The van der Waals surface area contributed by atoms with E-state index in [0.717, 1.165) is 5.56 Å². The minimum Gasteiger partial charge on any atom is -0.308 e. The second kappa shape index (κ2) is 5.57. The molecule has 0 saturated carbocycles. The van der Waals surface area contributed by atoms with Crippen LogP contribution in [0.4, 0.5) is 16.2 Å².